The fourth-order valence-corrected chi connectivity index (χ4v) is 3.24. The summed E-state index contributed by atoms with van der Waals surface area (Å²) in [6, 6.07) is 9.54. The molecule has 0 spiro atoms. The van der Waals surface area contributed by atoms with Gasteiger partial charge in [-0.1, -0.05) is 16.8 Å². The predicted molar refractivity (Wildman–Crippen MR) is 89.0 cm³/mol. The molecule has 3 aromatic rings. The Morgan fingerprint density at radius 1 is 1.18 bits per heavy atom. The van der Waals surface area contributed by atoms with E-state index >= 15 is 0 Å². The van der Waals surface area contributed by atoms with E-state index in [4.69, 9.17) is 16.1 Å². The zero-order valence-electron chi connectivity index (χ0n) is 12.4. The van der Waals surface area contributed by atoms with Crippen LogP contribution in [0, 0.1) is 6.92 Å². The summed E-state index contributed by atoms with van der Waals surface area (Å²) in [4.78, 5) is 7.97. The van der Waals surface area contributed by atoms with Crippen molar-refractivity contribution < 1.29 is 4.52 Å². The minimum absolute atomic E-state index is 0.590. The number of thiophene rings is 1. The SMILES string of the molecule is Cc1ccsc1CN(C)Cc1nc(-c2ccc(Cl)cc2)no1. The second kappa shape index (κ2) is 6.60. The monoisotopic (exact) mass is 333 g/mol. The van der Waals surface area contributed by atoms with Crippen LogP contribution in [-0.4, -0.2) is 22.1 Å². The Labute approximate surface area is 138 Å². The lowest BCUT2D eigenvalue weighted by atomic mass is 10.2. The number of halogens is 1. The Bertz CT molecular complexity index is 751. The molecule has 0 saturated carbocycles. The van der Waals surface area contributed by atoms with Crippen LogP contribution in [0.25, 0.3) is 11.4 Å². The number of benzene rings is 1. The third-order valence-electron chi connectivity index (χ3n) is 3.36. The van der Waals surface area contributed by atoms with E-state index in [0.29, 0.717) is 23.3 Å². The molecule has 114 valence electrons. The summed E-state index contributed by atoms with van der Waals surface area (Å²) in [6.45, 7) is 3.63. The molecule has 0 saturated heterocycles. The highest BCUT2D eigenvalue weighted by molar-refractivity contribution is 7.10. The normalized spacial score (nSPS) is 11.3. The van der Waals surface area contributed by atoms with Gasteiger partial charge in [-0.05, 0) is 55.2 Å². The van der Waals surface area contributed by atoms with Gasteiger partial charge in [-0.2, -0.15) is 4.98 Å². The van der Waals surface area contributed by atoms with Crippen molar-refractivity contribution in [3.05, 3.63) is 57.1 Å². The van der Waals surface area contributed by atoms with Crippen LogP contribution in [-0.2, 0) is 13.1 Å². The van der Waals surface area contributed by atoms with Crippen LogP contribution < -0.4 is 0 Å². The van der Waals surface area contributed by atoms with E-state index < -0.39 is 0 Å². The van der Waals surface area contributed by atoms with Gasteiger partial charge in [-0.25, -0.2) is 0 Å². The second-order valence-corrected chi connectivity index (χ2v) is 6.65. The highest BCUT2D eigenvalue weighted by Gasteiger charge is 2.12. The van der Waals surface area contributed by atoms with Gasteiger partial charge in [0.1, 0.15) is 0 Å². The van der Waals surface area contributed by atoms with Crippen molar-refractivity contribution in [1.82, 2.24) is 15.0 Å². The van der Waals surface area contributed by atoms with Gasteiger partial charge in [0.25, 0.3) is 0 Å². The molecule has 0 aliphatic heterocycles. The van der Waals surface area contributed by atoms with E-state index in [1.165, 1.54) is 10.4 Å². The van der Waals surface area contributed by atoms with E-state index in [2.05, 4.69) is 33.4 Å². The molecule has 2 heterocycles. The average Bonchev–Trinajstić information content (AvgIpc) is 3.10. The Morgan fingerprint density at radius 2 is 1.95 bits per heavy atom. The molecule has 0 atom stereocenters. The Kier molecular flexibility index (Phi) is 4.57. The quantitative estimate of drug-likeness (QED) is 0.694. The lowest BCUT2D eigenvalue weighted by Crippen LogP contribution is -2.17. The average molecular weight is 334 g/mol. The number of hydrogen-bond acceptors (Lipinski definition) is 5. The third-order valence-corrected chi connectivity index (χ3v) is 4.62. The first-order valence-corrected chi connectivity index (χ1v) is 8.17. The Hall–Kier alpha value is -1.69. The molecule has 22 heavy (non-hydrogen) atoms. The van der Waals surface area contributed by atoms with Crippen molar-refractivity contribution in [2.75, 3.05) is 7.05 Å². The van der Waals surface area contributed by atoms with Gasteiger partial charge in [0.05, 0.1) is 6.54 Å². The Morgan fingerprint density at radius 3 is 2.64 bits per heavy atom. The number of aromatic nitrogens is 2. The summed E-state index contributed by atoms with van der Waals surface area (Å²) in [5.41, 5.74) is 2.22. The van der Waals surface area contributed by atoms with Crippen LogP contribution in [0.5, 0.6) is 0 Å². The van der Waals surface area contributed by atoms with Gasteiger partial charge in [0.2, 0.25) is 11.7 Å². The molecule has 0 N–H and O–H groups in total. The Balaban J connectivity index is 1.66. The summed E-state index contributed by atoms with van der Waals surface area (Å²) in [7, 11) is 2.05. The molecule has 2 aromatic heterocycles. The van der Waals surface area contributed by atoms with Crippen molar-refractivity contribution in [3.63, 3.8) is 0 Å². The molecule has 0 amide bonds. The number of rotatable bonds is 5. The van der Waals surface area contributed by atoms with E-state index in [1.807, 2.05) is 31.3 Å². The third kappa shape index (κ3) is 3.55. The second-order valence-electron chi connectivity index (χ2n) is 5.22. The van der Waals surface area contributed by atoms with Crippen molar-refractivity contribution in [2.24, 2.45) is 0 Å². The maximum atomic E-state index is 5.88. The van der Waals surface area contributed by atoms with E-state index in [0.717, 1.165) is 12.1 Å². The van der Waals surface area contributed by atoms with Crippen LogP contribution in [0.15, 0.2) is 40.2 Å². The summed E-state index contributed by atoms with van der Waals surface area (Å²) >= 11 is 7.65. The molecule has 1 aromatic carbocycles. The van der Waals surface area contributed by atoms with Gasteiger partial charge in [-0.15, -0.1) is 11.3 Å². The van der Waals surface area contributed by atoms with Crippen LogP contribution in [0.4, 0.5) is 0 Å². The number of aryl methyl sites for hydroxylation is 1. The number of hydrogen-bond donors (Lipinski definition) is 0. The molecular formula is C16H16ClN3OS. The summed E-state index contributed by atoms with van der Waals surface area (Å²) in [6.07, 6.45) is 0. The van der Waals surface area contributed by atoms with E-state index in [-0.39, 0.29) is 0 Å². The van der Waals surface area contributed by atoms with Gasteiger partial charge in [0, 0.05) is 22.0 Å². The molecule has 3 rings (SSSR count). The van der Waals surface area contributed by atoms with Crippen LogP contribution in [0.3, 0.4) is 0 Å². The molecule has 0 aliphatic rings. The fourth-order valence-electron chi connectivity index (χ4n) is 2.13. The minimum atomic E-state index is 0.590. The van der Waals surface area contributed by atoms with Crippen molar-refractivity contribution in [1.29, 1.82) is 0 Å². The van der Waals surface area contributed by atoms with Gasteiger partial charge in [-0.3, -0.25) is 4.90 Å². The summed E-state index contributed by atoms with van der Waals surface area (Å²) < 4.78 is 5.34. The maximum absolute atomic E-state index is 5.88. The predicted octanol–water partition coefficient (Wildman–Crippen LogP) is 4.39. The van der Waals surface area contributed by atoms with Crippen molar-refractivity contribution in [3.8, 4) is 11.4 Å². The van der Waals surface area contributed by atoms with E-state index in [9.17, 15) is 0 Å². The lowest BCUT2D eigenvalue weighted by molar-refractivity contribution is 0.262. The molecule has 0 unspecified atom stereocenters. The number of nitrogens with zero attached hydrogens (tertiary/aromatic N) is 3. The first-order chi connectivity index (χ1) is 10.6. The van der Waals surface area contributed by atoms with E-state index in [1.54, 1.807) is 11.3 Å². The highest BCUT2D eigenvalue weighted by atomic mass is 35.5. The topological polar surface area (TPSA) is 42.2 Å². The standard InChI is InChI=1S/C16H16ClN3OS/c1-11-7-8-22-14(11)9-20(2)10-15-18-16(19-21-15)12-3-5-13(17)6-4-12/h3-8H,9-10H2,1-2H3. The molecule has 4 nitrogen and oxygen atoms in total. The first-order valence-electron chi connectivity index (χ1n) is 6.92. The summed E-state index contributed by atoms with van der Waals surface area (Å²) in [5.74, 6) is 1.20. The lowest BCUT2D eigenvalue weighted by Gasteiger charge is -2.13. The highest BCUT2D eigenvalue weighted by Crippen LogP contribution is 2.20. The van der Waals surface area contributed by atoms with Gasteiger partial charge < -0.3 is 4.52 Å². The van der Waals surface area contributed by atoms with Crippen molar-refractivity contribution in [2.45, 2.75) is 20.0 Å². The molecule has 0 fully saturated rings. The van der Waals surface area contributed by atoms with Crippen LogP contribution >= 0.6 is 22.9 Å². The van der Waals surface area contributed by atoms with Crippen LogP contribution in [0.1, 0.15) is 16.3 Å². The molecule has 0 radical (unpaired) electrons. The first kappa shape index (κ1) is 15.2. The largest absolute Gasteiger partial charge is 0.338 e. The van der Waals surface area contributed by atoms with Crippen molar-refractivity contribution >= 4 is 22.9 Å². The van der Waals surface area contributed by atoms with Gasteiger partial charge >= 0.3 is 0 Å². The molecule has 0 bridgehead atoms. The smallest absolute Gasteiger partial charge is 0.241 e. The molecular weight excluding hydrogens is 318 g/mol. The van der Waals surface area contributed by atoms with Crippen LogP contribution in [0.2, 0.25) is 5.02 Å². The maximum Gasteiger partial charge on any atom is 0.241 e. The zero-order valence-corrected chi connectivity index (χ0v) is 14.0. The fraction of sp³-hybridized carbons (Fsp3) is 0.250. The minimum Gasteiger partial charge on any atom is -0.338 e. The summed E-state index contributed by atoms with van der Waals surface area (Å²) in [5, 5.41) is 6.84. The molecule has 0 aliphatic carbocycles. The zero-order chi connectivity index (χ0) is 15.5. The molecule has 6 heteroatoms. The van der Waals surface area contributed by atoms with Gasteiger partial charge in [0.15, 0.2) is 0 Å².